The van der Waals surface area contributed by atoms with Gasteiger partial charge in [-0.05, 0) is 54.8 Å². The maximum absolute atomic E-state index is 13.5. The van der Waals surface area contributed by atoms with E-state index in [2.05, 4.69) is 10.3 Å². The summed E-state index contributed by atoms with van der Waals surface area (Å²) in [6.07, 6.45) is 5.24. The zero-order valence-electron chi connectivity index (χ0n) is 17.1. The Labute approximate surface area is 180 Å². The monoisotopic (exact) mass is 414 g/mol. The summed E-state index contributed by atoms with van der Waals surface area (Å²) in [6.45, 7) is 2.05. The van der Waals surface area contributed by atoms with Gasteiger partial charge >= 0.3 is 0 Å². The molecule has 156 valence electrons. The number of hydrogen-bond donors (Lipinski definition) is 1. The molecule has 5 rings (SSSR count). The highest BCUT2D eigenvalue weighted by atomic mass is 19.1. The third-order valence-corrected chi connectivity index (χ3v) is 6.02. The lowest BCUT2D eigenvalue weighted by molar-refractivity contribution is 0.0543. The van der Waals surface area contributed by atoms with Gasteiger partial charge in [0.25, 0.3) is 0 Å². The Morgan fingerprint density at radius 2 is 1.74 bits per heavy atom. The maximum Gasteiger partial charge on any atom is 0.163 e. The van der Waals surface area contributed by atoms with Crippen LogP contribution in [0.25, 0.3) is 22.3 Å². The van der Waals surface area contributed by atoms with Crippen molar-refractivity contribution in [3.05, 3.63) is 84.4 Å². The number of nitrogens with one attached hydrogen (secondary N) is 1. The second-order valence-electron chi connectivity index (χ2n) is 7.91. The first kappa shape index (κ1) is 19.6. The van der Waals surface area contributed by atoms with Crippen LogP contribution in [0.4, 0.5) is 10.2 Å². The molecular formula is C25H23FN4O. The molecule has 0 saturated carbocycles. The van der Waals surface area contributed by atoms with Crippen LogP contribution < -0.4 is 5.32 Å². The maximum atomic E-state index is 13.5. The van der Waals surface area contributed by atoms with E-state index in [1.807, 2.05) is 48.5 Å². The fourth-order valence-corrected chi connectivity index (χ4v) is 4.22. The van der Waals surface area contributed by atoms with E-state index in [4.69, 9.17) is 14.7 Å². The first-order valence-corrected chi connectivity index (χ1v) is 10.5. The zero-order chi connectivity index (χ0) is 21.1. The molecular weight excluding hydrogens is 391 g/mol. The molecule has 4 aromatic rings. The molecule has 2 aromatic heterocycles. The minimum Gasteiger partial charge on any atom is -0.381 e. The summed E-state index contributed by atoms with van der Waals surface area (Å²) in [6, 6.07) is 18.7. The molecule has 1 aliphatic heterocycles. The molecule has 1 fully saturated rings. The molecule has 0 amide bonds. The van der Waals surface area contributed by atoms with E-state index in [0.717, 1.165) is 40.7 Å². The van der Waals surface area contributed by atoms with E-state index in [1.165, 1.54) is 12.1 Å². The SMILES string of the molecule is Fc1ccc(C2(CNc3nc(-c4cccnc4)nc4ccccc34)CCOCC2)cc1. The van der Waals surface area contributed by atoms with Gasteiger partial charge in [0.05, 0.1) is 5.52 Å². The van der Waals surface area contributed by atoms with Crippen molar-refractivity contribution in [2.24, 2.45) is 0 Å². The molecule has 5 nitrogen and oxygen atoms in total. The molecule has 1 N–H and O–H groups in total. The number of para-hydroxylation sites is 1. The largest absolute Gasteiger partial charge is 0.381 e. The number of nitrogens with zero attached hydrogens (tertiary/aromatic N) is 3. The molecule has 6 heteroatoms. The quantitative estimate of drug-likeness (QED) is 0.498. The van der Waals surface area contributed by atoms with Crippen molar-refractivity contribution in [1.82, 2.24) is 15.0 Å². The van der Waals surface area contributed by atoms with Crippen LogP contribution in [0, 0.1) is 5.82 Å². The van der Waals surface area contributed by atoms with Crippen molar-refractivity contribution in [2.45, 2.75) is 18.3 Å². The minimum absolute atomic E-state index is 0.146. The van der Waals surface area contributed by atoms with Crippen LogP contribution in [-0.2, 0) is 10.2 Å². The third kappa shape index (κ3) is 3.99. The summed E-state index contributed by atoms with van der Waals surface area (Å²) in [5, 5.41) is 4.57. The molecule has 1 aliphatic rings. The first-order chi connectivity index (χ1) is 15.2. The average Bonchev–Trinajstić information content (AvgIpc) is 2.84. The van der Waals surface area contributed by atoms with Crippen molar-refractivity contribution < 1.29 is 9.13 Å². The lowest BCUT2D eigenvalue weighted by atomic mass is 9.74. The topological polar surface area (TPSA) is 59.9 Å². The van der Waals surface area contributed by atoms with Crippen molar-refractivity contribution in [3.63, 3.8) is 0 Å². The van der Waals surface area contributed by atoms with Gasteiger partial charge in [0.2, 0.25) is 0 Å². The average molecular weight is 414 g/mol. The van der Waals surface area contributed by atoms with Crippen LogP contribution in [0.15, 0.2) is 73.1 Å². The van der Waals surface area contributed by atoms with Gasteiger partial charge in [-0.3, -0.25) is 4.98 Å². The molecule has 0 spiro atoms. The number of anilines is 1. The third-order valence-electron chi connectivity index (χ3n) is 6.02. The van der Waals surface area contributed by atoms with Gasteiger partial charge < -0.3 is 10.1 Å². The smallest absolute Gasteiger partial charge is 0.163 e. The van der Waals surface area contributed by atoms with Gasteiger partial charge in [0.1, 0.15) is 11.6 Å². The van der Waals surface area contributed by atoms with E-state index in [0.29, 0.717) is 25.6 Å². The number of hydrogen-bond acceptors (Lipinski definition) is 5. The van der Waals surface area contributed by atoms with Gasteiger partial charge in [-0.1, -0.05) is 24.3 Å². The molecule has 0 bridgehead atoms. The Kier molecular flexibility index (Phi) is 5.30. The molecule has 0 atom stereocenters. The number of halogens is 1. The fraction of sp³-hybridized carbons (Fsp3) is 0.240. The summed E-state index contributed by atoms with van der Waals surface area (Å²) in [5.74, 6) is 1.20. The standard InChI is InChI=1S/C25H23FN4O/c26-20-9-7-19(8-10-20)25(11-14-31-15-12-25)17-28-24-21-5-1-2-6-22(21)29-23(30-24)18-4-3-13-27-16-18/h1-10,13,16H,11-12,14-15,17H2,(H,28,29,30). The molecule has 1 saturated heterocycles. The highest BCUT2D eigenvalue weighted by molar-refractivity contribution is 5.90. The number of rotatable bonds is 5. The molecule has 31 heavy (non-hydrogen) atoms. The normalized spacial score (nSPS) is 15.6. The van der Waals surface area contributed by atoms with Gasteiger partial charge in [0.15, 0.2) is 5.82 Å². The van der Waals surface area contributed by atoms with Crippen LogP contribution in [0.2, 0.25) is 0 Å². The van der Waals surface area contributed by atoms with Crippen LogP contribution in [0.1, 0.15) is 18.4 Å². The van der Waals surface area contributed by atoms with Gasteiger partial charge in [-0.25, -0.2) is 14.4 Å². The molecule has 3 heterocycles. The summed E-state index contributed by atoms with van der Waals surface area (Å²) < 4.78 is 19.2. The number of aromatic nitrogens is 3. The van der Waals surface area contributed by atoms with Gasteiger partial charge in [-0.2, -0.15) is 0 Å². The van der Waals surface area contributed by atoms with Crippen LogP contribution in [0.5, 0.6) is 0 Å². The number of benzene rings is 2. The van der Waals surface area contributed by atoms with Crippen LogP contribution in [0.3, 0.4) is 0 Å². The number of ether oxygens (including phenoxy) is 1. The van der Waals surface area contributed by atoms with Crippen molar-refractivity contribution in [1.29, 1.82) is 0 Å². The van der Waals surface area contributed by atoms with E-state index in [-0.39, 0.29) is 11.2 Å². The Bertz CT molecular complexity index is 1180. The van der Waals surface area contributed by atoms with E-state index < -0.39 is 0 Å². The minimum atomic E-state index is -0.221. The lowest BCUT2D eigenvalue weighted by Crippen LogP contribution is -2.40. The highest BCUT2D eigenvalue weighted by Gasteiger charge is 2.34. The van der Waals surface area contributed by atoms with E-state index in [9.17, 15) is 4.39 Å². The Morgan fingerprint density at radius 1 is 0.935 bits per heavy atom. The second-order valence-corrected chi connectivity index (χ2v) is 7.91. The summed E-state index contributed by atoms with van der Waals surface area (Å²) in [4.78, 5) is 13.8. The van der Waals surface area contributed by atoms with Gasteiger partial charge in [0, 0.05) is 48.5 Å². The highest BCUT2D eigenvalue weighted by Crippen LogP contribution is 2.36. The lowest BCUT2D eigenvalue weighted by Gasteiger charge is -2.38. The Morgan fingerprint density at radius 3 is 2.52 bits per heavy atom. The van der Waals surface area contributed by atoms with E-state index in [1.54, 1.807) is 12.4 Å². The summed E-state index contributed by atoms with van der Waals surface area (Å²) >= 11 is 0. The summed E-state index contributed by atoms with van der Waals surface area (Å²) in [7, 11) is 0. The molecule has 0 aliphatic carbocycles. The number of pyridine rings is 1. The molecule has 0 unspecified atom stereocenters. The van der Waals surface area contributed by atoms with Crippen molar-refractivity contribution in [2.75, 3.05) is 25.1 Å². The van der Waals surface area contributed by atoms with Gasteiger partial charge in [-0.15, -0.1) is 0 Å². The van der Waals surface area contributed by atoms with Crippen molar-refractivity contribution in [3.8, 4) is 11.4 Å². The predicted molar refractivity (Wildman–Crippen MR) is 119 cm³/mol. The van der Waals surface area contributed by atoms with Crippen LogP contribution >= 0.6 is 0 Å². The van der Waals surface area contributed by atoms with Crippen molar-refractivity contribution >= 4 is 16.7 Å². The van der Waals surface area contributed by atoms with E-state index >= 15 is 0 Å². The zero-order valence-corrected chi connectivity index (χ0v) is 17.1. The Hall–Kier alpha value is -3.38. The van der Waals surface area contributed by atoms with Crippen LogP contribution in [-0.4, -0.2) is 34.7 Å². The fourth-order valence-electron chi connectivity index (χ4n) is 4.22. The second kappa shape index (κ2) is 8.40. The first-order valence-electron chi connectivity index (χ1n) is 10.5. The molecule has 0 radical (unpaired) electrons. The summed E-state index contributed by atoms with van der Waals surface area (Å²) in [5.41, 5.74) is 2.72. The Balaban J connectivity index is 1.52. The predicted octanol–water partition coefficient (Wildman–Crippen LogP) is 4.99. The number of fused-ring (bicyclic) bond motifs is 1. The molecule has 2 aromatic carbocycles.